The SMILES string of the molecule is O=C(O)Cn1cc(S(=O)(=O)N2Cc3ccccc3C2)cn1. The Labute approximate surface area is 121 Å². The van der Waals surface area contributed by atoms with Crippen molar-refractivity contribution in [3.8, 4) is 0 Å². The number of hydrogen-bond acceptors (Lipinski definition) is 4. The lowest BCUT2D eigenvalue weighted by molar-refractivity contribution is -0.137. The smallest absolute Gasteiger partial charge is 0.325 e. The fourth-order valence-electron chi connectivity index (χ4n) is 2.32. The summed E-state index contributed by atoms with van der Waals surface area (Å²) >= 11 is 0. The van der Waals surface area contributed by atoms with Crippen molar-refractivity contribution >= 4 is 16.0 Å². The Morgan fingerprint density at radius 3 is 2.43 bits per heavy atom. The highest BCUT2D eigenvalue weighted by Gasteiger charge is 2.31. The predicted molar refractivity (Wildman–Crippen MR) is 72.7 cm³/mol. The Bertz CT molecular complexity index is 772. The molecule has 2 heterocycles. The van der Waals surface area contributed by atoms with Crippen molar-refractivity contribution in [3.05, 3.63) is 47.8 Å². The Kier molecular flexibility index (Phi) is 3.26. The highest BCUT2D eigenvalue weighted by atomic mass is 32.2. The molecule has 1 N–H and O–H groups in total. The van der Waals surface area contributed by atoms with Crippen LogP contribution in [0, 0.1) is 0 Å². The first kappa shape index (κ1) is 13.8. The first-order valence-electron chi connectivity index (χ1n) is 6.28. The van der Waals surface area contributed by atoms with Crippen LogP contribution in [-0.4, -0.2) is 33.6 Å². The van der Waals surface area contributed by atoms with Gasteiger partial charge >= 0.3 is 5.97 Å². The van der Waals surface area contributed by atoms with Crippen molar-refractivity contribution in [1.29, 1.82) is 0 Å². The van der Waals surface area contributed by atoms with Crippen LogP contribution in [0.2, 0.25) is 0 Å². The molecule has 0 spiro atoms. The quantitative estimate of drug-likeness (QED) is 0.896. The van der Waals surface area contributed by atoms with Gasteiger partial charge in [-0.2, -0.15) is 9.40 Å². The summed E-state index contributed by atoms with van der Waals surface area (Å²) in [7, 11) is -3.66. The number of carboxylic acids is 1. The molecule has 0 atom stereocenters. The minimum Gasteiger partial charge on any atom is -0.480 e. The molecule has 0 fully saturated rings. The maximum Gasteiger partial charge on any atom is 0.325 e. The fourth-order valence-corrected chi connectivity index (χ4v) is 3.68. The zero-order valence-electron chi connectivity index (χ0n) is 11.0. The molecule has 0 aliphatic carbocycles. The van der Waals surface area contributed by atoms with E-state index in [2.05, 4.69) is 5.10 Å². The first-order valence-corrected chi connectivity index (χ1v) is 7.72. The number of carboxylic acid groups (broad SMARTS) is 1. The molecule has 0 radical (unpaired) electrons. The van der Waals surface area contributed by atoms with E-state index < -0.39 is 16.0 Å². The molecular weight excluding hydrogens is 294 g/mol. The normalized spacial score (nSPS) is 15.0. The third kappa shape index (κ3) is 2.55. The van der Waals surface area contributed by atoms with E-state index in [4.69, 9.17) is 5.11 Å². The van der Waals surface area contributed by atoms with E-state index in [1.165, 1.54) is 16.7 Å². The predicted octanol–water partition coefficient (Wildman–Crippen LogP) is 0.672. The summed E-state index contributed by atoms with van der Waals surface area (Å²) in [6.45, 7) is 0.279. The summed E-state index contributed by atoms with van der Waals surface area (Å²) in [4.78, 5) is 10.6. The minimum atomic E-state index is -3.66. The van der Waals surface area contributed by atoms with Gasteiger partial charge in [-0.25, -0.2) is 8.42 Å². The van der Waals surface area contributed by atoms with Gasteiger partial charge in [-0.05, 0) is 11.1 Å². The van der Waals surface area contributed by atoms with Gasteiger partial charge in [0.1, 0.15) is 11.4 Å². The molecule has 0 saturated heterocycles. The van der Waals surface area contributed by atoms with E-state index in [0.717, 1.165) is 15.8 Å². The zero-order chi connectivity index (χ0) is 15.0. The number of fused-ring (bicyclic) bond motifs is 1. The van der Waals surface area contributed by atoms with Crippen LogP contribution in [0.25, 0.3) is 0 Å². The largest absolute Gasteiger partial charge is 0.480 e. The number of aliphatic carboxylic acids is 1. The molecule has 1 aliphatic heterocycles. The van der Waals surface area contributed by atoms with E-state index in [1.807, 2.05) is 24.3 Å². The van der Waals surface area contributed by atoms with E-state index >= 15 is 0 Å². The highest BCUT2D eigenvalue weighted by Crippen LogP contribution is 2.28. The zero-order valence-corrected chi connectivity index (χ0v) is 11.8. The van der Waals surface area contributed by atoms with Gasteiger partial charge < -0.3 is 5.11 Å². The summed E-state index contributed by atoms with van der Waals surface area (Å²) in [6.07, 6.45) is 2.42. The Morgan fingerprint density at radius 1 is 1.24 bits per heavy atom. The topological polar surface area (TPSA) is 92.5 Å². The minimum absolute atomic E-state index is 0.0107. The van der Waals surface area contributed by atoms with Gasteiger partial charge in [-0.3, -0.25) is 9.48 Å². The van der Waals surface area contributed by atoms with Crippen molar-refractivity contribution in [2.24, 2.45) is 0 Å². The molecule has 3 rings (SSSR count). The lowest BCUT2D eigenvalue weighted by Crippen LogP contribution is -2.25. The van der Waals surface area contributed by atoms with Gasteiger partial charge in [0.2, 0.25) is 10.0 Å². The number of aromatic nitrogens is 2. The number of hydrogen-bond donors (Lipinski definition) is 1. The van der Waals surface area contributed by atoms with Crippen LogP contribution in [0.15, 0.2) is 41.6 Å². The van der Waals surface area contributed by atoms with Crippen LogP contribution >= 0.6 is 0 Å². The Morgan fingerprint density at radius 2 is 1.86 bits per heavy atom. The second kappa shape index (κ2) is 4.97. The third-order valence-corrected chi connectivity index (χ3v) is 5.10. The molecule has 1 aromatic carbocycles. The van der Waals surface area contributed by atoms with Gasteiger partial charge in [0, 0.05) is 19.3 Å². The molecule has 0 amide bonds. The van der Waals surface area contributed by atoms with Crippen LogP contribution in [0.5, 0.6) is 0 Å². The van der Waals surface area contributed by atoms with E-state index in [9.17, 15) is 13.2 Å². The van der Waals surface area contributed by atoms with E-state index in [0.29, 0.717) is 13.1 Å². The lowest BCUT2D eigenvalue weighted by atomic mass is 10.1. The van der Waals surface area contributed by atoms with Crippen LogP contribution in [-0.2, 0) is 34.5 Å². The van der Waals surface area contributed by atoms with Gasteiger partial charge in [0.25, 0.3) is 0 Å². The van der Waals surface area contributed by atoms with E-state index in [1.54, 1.807) is 0 Å². The summed E-state index contributed by atoms with van der Waals surface area (Å²) < 4.78 is 27.5. The molecular formula is C13H13N3O4S. The third-order valence-electron chi connectivity index (χ3n) is 3.36. The molecule has 1 aromatic heterocycles. The first-order chi connectivity index (χ1) is 9.96. The van der Waals surface area contributed by atoms with Crippen molar-refractivity contribution < 1.29 is 18.3 Å². The molecule has 0 bridgehead atoms. The van der Waals surface area contributed by atoms with Gasteiger partial charge in [-0.1, -0.05) is 24.3 Å². The van der Waals surface area contributed by atoms with Crippen molar-refractivity contribution in [3.63, 3.8) is 0 Å². The van der Waals surface area contributed by atoms with Crippen molar-refractivity contribution in [1.82, 2.24) is 14.1 Å². The van der Waals surface area contributed by atoms with Crippen LogP contribution in [0.4, 0.5) is 0 Å². The van der Waals surface area contributed by atoms with Crippen molar-refractivity contribution in [2.45, 2.75) is 24.5 Å². The van der Waals surface area contributed by atoms with Gasteiger partial charge in [0.05, 0.1) is 6.20 Å². The molecule has 110 valence electrons. The van der Waals surface area contributed by atoms with E-state index in [-0.39, 0.29) is 11.4 Å². The molecule has 1 aliphatic rings. The highest BCUT2D eigenvalue weighted by molar-refractivity contribution is 7.89. The number of carbonyl (C=O) groups is 1. The summed E-state index contributed by atoms with van der Waals surface area (Å²) in [5.74, 6) is -1.07. The number of sulfonamides is 1. The van der Waals surface area contributed by atoms with Crippen LogP contribution in [0.1, 0.15) is 11.1 Å². The summed E-state index contributed by atoms with van der Waals surface area (Å²) in [5.41, 5.74) is 1.97. The molecule has 21 heavy (non-hydrogen) atoms. The maximum atomic E-state index is 12.5. The second-order valence-corrected chi connectivity index (χ2v) is 6.75. The number of nitrogens with zero attached hydrogens (tertiary/aromatic N) is 3. The monoisotopic (exact) mass is 307 g/mol. The van der Waals surface area contributed by atoms with Crippen LogP contribution in [0.3, 0.4) is 0 Å². The summed E-state index contributed by atoms with van der Waals surface area (Å²) in [5, 5.41) is 12.5. The average molecular weight is 307 g/mol. The molecule has 0 saturated carbocycles. The maximum absolute atomic E-state index is 12.5. The Balaban J connectivity index is 1.85. The fraction of sp³-hybridized carbons (Fsp3) is 0.231. The van der Waals surface area contributed by atoms with Crippen LogP contribution < -0.4 is 0 Å². The molecule has 8 heteroatoms. The van der Waals surface area contributed by atoms with Gasteiger partial charge in [0.15, 0.2) is 0 Å². The number of benzene rings is 1. The van der Waals surface area contributed by atoms with Gasteiger partial charge in [-0.15, -0.1) is 0 Å². The Hall–Kier alpha value is -2.19. The standard InChI is InChI=1S/C13H13N3O4S/c17-13(18)9-15-8-12(5-14-15)21(19,20)16-6-10-3-1-2-4-11(10)7-16/h1-5,8H,6-7,9H2,(H,17,18). The number of rotatable bonds is 4. The van der Waals surface area contributed by atoms with Crippen molar-refractivity contribution in [2.75, 3.05) is 0 Å². The summed E-state index contributed by atoms with van der Waals surface area (Å²) in [6, 6.07) is 7.55. The lowest BCUT2D eigenvalue weighted by Gasteiger charge is -2.13. The molecule has 0 unspecified atom stereocenters. The average Bonchev–Trinajstić information content (AvgIpc) is 3.04. The second-order valence-electron chi connectivity index (χ2n) is 4.81. The molecule has 7 nitrogen and oxygen atoms in total. The molecule has 2 aromatic rings.